The van der Waals surface area contributed by atoms with Crippen LogP contribution < -0.4 is 0 Å². The first-order chi connectivity index (χ1) is 5.36. The smallest absolute Gasteiger partial charge is 0.0574 e. The van der Waals surface area contributed by atoms with Gasteiger partial charge in [0.2, 0.25) is 0 Å². The third kappa shape index (κ3) is 0.703. The molecule has 1 heteroatoms. The maximum absolute atomic E-state index is 9.72. The zero-order valence-corrected chi connectivity index (χ0v) is 6.87. The van der Waals surface area contributed by atoms with Crippen molar-refractivity contribution in [2.75, 3.05) is 0 Å². The second-order valence-electron chi connectivity index (χ2n) is 4.72. The second kappa shape index (κ2) is 2.01. The summed E-state index contributed by atoms with van der Waals surface area (Å²) in [6, 6.07) is 0. The van der Waals surface area contributed by atoms with Gasteiger partial charge in [-0.1, -0.05) is 0 Å². The number of hydrogen-bond donors (Lipinski definition) is 1. The van der Waals surface area contributed by atoms with Crippen molar-refractivity contribution in [1.29, 1.82) is 0 Å². The van der Waals surface area contributed by atoms with Crippen molar-refractivity contribution in [2.24, 2.45) is 23.7 Å². The van der Waals surface area contributed by atoms with E-state index in [1.807, 2.05) is 0 Å². The second-order valence-corrected chi connectivity index (χ2v) is 4.72. The summed E-state index contributed by atoms with van der Waals surface area (Å²) in [5.74, 6) is 3.60. The topological polar surface area (TPSA) is 20.2 Å². The Morgan fingerprint density at radius 2 is 1.64 bits per heavy atom. The molecular formula is C10H16O. The maximum Gasteiger partial charge on any atom is 0.0574 e. The van der Waals surface area contributed by atoms with Crippen LogP contribution in [0.5, 0.6) is 0 Å². The van der Waals surface area contributed by atoms with Gasteiger partial charge in [-0.3, -0.25) is 0 Å². The standard InChI is InChI=1S/C10H16O/c11-9-5-7-2-1-6-3-4-8(9)10(6)7/h6-11H,1-5H2/t6-,7+,8-,9?,10+/m0/s1. The van der Waals surface area contributed by atoms with Gasteiger partial charge in [-0.2, -0.15) is 0 Å². The van der Waals surface area contributed by atoms with Gasteiger partial charge >= 0.3 is 0 Å². The fourth-order valence-corrected chi connectivity index (χ4v) is 4.04. The highest BCUT2D eigenvalue weighted by molar-refractivity contribution is 5.02. The van der Waals surface area contributed by atoms with Crippen molar-refractivity contribution in [2.45, 2.75) is 38.2 Å². The molecule has 3 saturated carbocycles. The van der Waals surface area contributed by atoms with E-state index in [0.29, 0.717) is 5.92 Å². The first kappa shape index (κ1) is 6.47. The van der Waals surface area contributed by atoms with E-state index in [9.17, 15) is 5.11 Å². The van der Waals surface area contributed by atoms with Crippen molar-refractivity contribution < 1.29 is 5.11 Å². The van der Waals surface area contributed by atoms with E-state index in [1.165, 1.54) is 25.7 Å². The Kier molecular flexibility index (Phi) is 1.18. The third-order valence-corrected chi connectivity index (χ3v) is 4.40. The predicted octanol–water partition coefficient (Wildman–Crippen LogP) is 1.80. The average molecular weight is 152 g/mol. The van der Waals surface area contributed by atoms with Crippen LogP contribution in [0.15, 0.2) is 0 Å². The number of aliphatic hydroxyl groups is 1. The Morgan fingerprint density at radius 3 is 2.55 bits per heavy atom. The normalized spacial score (nSPS) is 60.3. The van der Waals surface area contributed by atoms with Crippen molar-refractivity contribution in [3.63, 3.8) is 0 Å². The van der Waals surface area contributed by atoms with Gasteiger partial charge in [-0.25, -0.2) is 0 Å². The molecule has 0 aromatic carbocycles. The molecule has 11 heavy (non-hydrogen) atoms. The first-order valence-corrected chi connectivity index (χ1v) is 5.04. The predicted molar refractivity (Wildman–Crippen MR) is 43.1 cm³/mol. The molecular weight excluding hydrogens is 136 g/mol. The van der Waals surface area contributed by atoms with E-state index in [-0.39, 0.29) is 6.10 Å². The highest BCUT2D eigenvalue weighted by Crippen LogP contribution is 2.58. The zero-order valence-electron chi connectivity index (χ0n) is 6.87. The molecule has 0 bridgehead atoms. The highest BCUT2D eigenvalue weighted by atomic mass is 16.3. The Bertz CT molecular complexity index is 178. The molecule has 0 saturated heterocycles. The first-order valence-electron chi connectivity index (χ1n) is 5.04. The Labute approximate surface area is 67.8 Å². The van der Waals surface area contributed by atoms with Gasteiger partial charge in [0.25, 0.3) is 0 Å². The van der Waals surface area contributed by atoms with E-state index in [2.05, 4.69) is 0 Å². The molecule has 0 heterocycles. The fourth-order valence-electron chi connectivity index (χ4n) is 4.04. The van der Waals surface area contributed by atoms with Gasteiger partial charge < -0.3 is 5.11 Å². The summed E-state index contributed by atoms with van der Waals surface area (Å²) in [6.07, 6.45) is 6.85. The molecule has 0 aromatic rings. The fraction of sp³-hybridized carbons (Fsp3) is 1.00. The summed E-state index contributed by atoms with van der Waals surface area (Å²) in [6.45, 7) is 0. The van der Waals surface area contributed by atoms with Crippen LogP contribution in [0, 0.1) is 23.7 Å². The largest absolute Gasteiger partial charge is 0.393 e. The van der Waals surface area contributed by atoms with Crippen LogP contribution >= 0.6 is 0 Å². The maximum atomic E-state index is 9.72. The molecule has 1 unspecified atom stereocenters. The summed E-state index contributed by atoms with van der Waals surface area (Å²) < 4.78 is 0. The van der Waals surface area contributed by atoms with Gasteiger partial charge in [-0.05, 0) is 55.8 Å². The van der Waals surface area contributed by atoms with E-state index < -0.39 is 0 Å². The Balaban J connectivity index is 1.93. The summed E-state index contributed by atoms with van der Waals surface area (Å²) in [7, 11) is 0. The minimum atomic E-state index is 0.0790. The Hall–Kier alpha value is -0.0400. The molecule has 3 fully saturated rings. The van der Waals surface area contributed by atoms with E-state index in [0.717, 1.165) is 24.2 Å². The molecule has 3 aliphatic rings. The van der Waals surface area contributed by atoms with Gasteiger partial charge in [0.1, 0.15) is 0 Å². The van der Waals surface area contributed by atoms with E-state index in [4.69, 9.17) is 0 Å². The van der Waals surface area contributed by atoms with Crippen LogP contribution in [-0.2, 0) is 0 Å². The molecule has 3 aliphatic carbocycles. The molecule has 0 spiro atoms. The van der Waals surface area contributed by atoms with Crippen LogP contribution in [-0.4, -0.2) is 11.2 Å². The van der Waals surface area contributed by atoms with E-state index >= 15 is 0 Å². The van der Waals surface area contributed by atoms with Gasteiger partial charge in [0, 0.05) is 0 Å². The van der Waals surface area contributed by atoms with Crippen LogP contribution in [0.3, 0.4) is 0 Å². The molecule has 1 nitrogen and oxygen atoms in total. The summed E-state index contributed by atoms with van der Waals surface area (Å²) >= 11 is 0. The van der Waals surface area contributed by atoms with Crippen molar-refractivity contribution >= 4 is 0 Å². The summed E-state index contributed by atoms with van der Waals surface area (Å²) in [5, 5.41) is 9.72. The van der Waals surface area contributed by atoms with Gasteiger partial charge in [0.15, 0.2) is 0 Å². The molecule has 1 N–H and O–H groups in total. The minimum absolute atomic E-state index is 0.0790. The SMILES string of the molecule is OC1C[C@H]2CC[C@H]3CC[C@@H]1[C@H]32. The van der Waals surface area contributed by atoms with E-state index in [1.54, 1.807) is 0 Å². The minimum Gasteiger partial charge on any atom is -0.393 e. The van der Waals surface area contributed by atoms with Crippen LogP contribution in [0.4, 0.5) is 0 Å². The number of hydrogen-bond acceptors (Lipinski definition) is 1. The molecule has 0 aromatic heterocycles. The summed E-state index contributed by atoms with van der Waals surface area (Å²) in [4.78, 5) is 0. The highest BCUT2D eigenvalue weighted by Gasteiger charge is 2.52. The lowest BCUT2D eigenvalue weighted by atomic mass is 9.92. The third-order valence-electron chi connectivity index (χ3n) is 4.40. The molecule has 0 aliphatic heterocycles. The lowest BCUT2D eigenvalue weighted by Gasteiger charge is -2.14. The van der Waals surface area contributed by atoms with Crippen LogP contribution in [0.1, 0.15) is 32.1 Å². The molecule has 0 amide bonds. The monoisotopic (exact) mass is 152 g/mol. The number of rotatable bonds is 0. The molecule has 5 atom stereocenters. The summed E-state index contributed by atoms with van der Waals surface area (Å²) in [5.41, 5.74) is 0. The quantitative estimate of drug-likeness (QED) is 0.561. The van der Waals surface area contributed by atoms with Gasteiger partial charge in [-0.15, -0.1) is 0 Å². The lowest BCUT2D eigenvalue weighted by molar-refractivity contribution is 0.123. The average Bonchev–Trinajstić information content (AvgIpc) is 2.53. The molecule has 0 radical (unpaired) electrons. The van der Waals surface area contributed by atoms with Crippen LogP contribution in [0.2, 0.25) is 0 Å². The molecule has 62 valence electrons. The van der Waals surface area contributed by atoms with Crippen molar-refractivity contribution in [3.05, 3.63) is 0 Å². The lowest BCUT2D eigenvalue weighted by Crippen LogP contribution is -2.15. The zero-order chi connectivity index (χ0) is 7.42. The number of aliphatic hydroxyl groups excluding tert-OH is 1. The Morgan fingerprint density at radius 1 is 0.909 bits per heavy atom. The van der Waals surface area contributed by atoms with Gasteiger partial charge in [0.05, 0.1) is 6.10 Å². The molecule has 3 rings (SSSR count). The van der Waals surface area contributed by atoms with Crippen molar-refractivity contribution in [3.8, 4) is 0 Å². The van der Waals surface area contributed by atoms with Crippen LogP contribution in [0.25, 0.3) is 0 Å². The van der Waals surface area contributed by atoms with Crippen molar-refractivity contribution in [1.82, 2.24) is 0 Å².